The van der Waals surface area contributed by atoms with Crippen LogP contribution in [0.2, 0.25) is 0 Å². The van der Waals surface area contributed by atoms with E-state index in [4.69, 9.17) is 4.74 Å². The predicted molar refractivity (Wildman–Crippen MR) is 70.5 cm³/mol. The average molecular weight is 251 g/mol. The number of nitrogens with one attached hydrogen (secondary N) is 2. The number of carbonyl (C=O) groups is 1. The first-order valence-electron chi connectivity index (χ1n) is 6.18. The van der Waals surface area contributed by atoms with Crippen molar-refractivity contribution in [3.05, 3.63) is 23.5 Å². The summed E-state index contributed by atoms with van der Waals surface area (Å²) in [6.07, 6.45) is 0.352. The van der Waals surface area contributed by atoms with Crippen LogP contribution in [-0.4, -0.2) is 31.1 Å². The summed E-state index contributed by atoms with van der Waals surface area (Å²) in [5, 5.41) is 5.78. The van der Waals surface area contributed by atoms with Crippen LogP contribution in [0, 0.1) is 6.92 Å². The van der Waals surface area contributed by atoms with Crippen LogP contribution in [0.25, 0.3) is 0 Å². The number of aryl methyl sites for hydroxylation is 1. The molecule has 1 amide bonds. The number of pyridine rings is 1. The molecule has 2 N–H and O–H groups in total. The number of hydrogen-bond acceptors (Lipinski definition) is 4. The molecule has 0 atom stereocenters. The molecule has 5 nitrogen and oxygen atoms in total. The average Bonchev–Trinajstić information content (AvgIpc) is 2.38. The highest BCUT2D eigenvalue weighted by molar-refractivity contribution is 5.75. The topological polar surface area (TPSA) is 63.3 Å². The van der Waals surface area contributed by atoms with E-state index in [0.717, 1.165) is 23.7 Å². The van der Waals surface area contributed by atoms with Crippen molar-refractivity contribution in [1.82, 2.24) is 15.6 Å². The van der Waals surface area contributed by atoms with E-state index in [1.807, 2.05) is 26.0 Å². The van der Waals surface area contributed by atoms with Crippen molar-refractivity contribution in [3.8, 4) is 5.75 Å². The first-order chi connectivity index (χ1) is 8.67. The first kappa shape index (κ1) is 14.4. The maximum Gasteiger partial charge on any atom is 0.223 e. The van der Waals surface area contributed by atoms with E-state index in [1.165, 1.54) is 0 Å². The van der Waals surface area contributed by atoms with Crippen LogP contribution in [-0.2, 0) is 11.3 Å². The fraction of sp³-hybridized carbons (Fsp3) is 0.538. The highest BCUT2D eigenvalue weighted by Crippen LogP contribution is 2.17. The summed E-state index contributed by atoms with van der Waals surface area (Å²) in [5.74, 6) is 0.716. The van der Waals surface area contributed by atoms with Gasteiger partial charge in [-0.05, 0) is 25.6 Å². The van der Waals surface area contributed by atoms with Crippen LogP contribution in [0.15, 0.2) is 12.1 Å². The normalized spacial score (nSPS) is 10.2. The molecule has 0 aliphatic rings. The Morgan fingerprint density at radius 2 is 2.22 bits per heavy atom. The molecule has 0 bridgehead atoms. The van der Waals surface area contributed by atoms with Crippen LogP contribution in [0.4, 0.5) is 0 Å². The van der Waals surface area contributed by atoms with Gasteiger partial charge in [-0.2, -0.15) is 0 Å². The summed E-state index contributed by atoms with van der Waals surface area (Å²) >= 11 is 0. The Bertz CT molecular complexity index is 394. The van der Waals surface area contributed by atoms with Crippen molar-refractivity contribution in [1.29, 1.82) is 0 Å². The van der Waals surface area contributed by atoms with Gasteiger partial charge in [-0.3, -0.25) is 9.78 Å². The van der Waals surface area contributed by atoms with Gasteiger partial charge >= 0.3 is 0 Å². The van der Waals surface area contributed by atoms with Gasteiger partial charge in [0.1, 0.15) is 5.75 Å². The first-order valence-corrected chi connectivity index (χ1v) is 6.18. The Labute approximate surface area is 108 Å². The van der Waals surface area contributed by atoms with E-state index in [0.29, 0.717) is 19.6 Å². The maximum atomic E-state index is 11.1. The van der Waals surface area contributed by atoms with Gasteiger partial charge in [-0.1, -0.05) is 6.92 Å². The van der Waals surface area contributed by atoms with Gasteiger partial charge in [0.2, 0.25) is 5.91 Å². The molecule has 1 aromatic heterocycles. The maximum absolute atomic E-state index is 11.1. The molecule has 0 unspecified atom stereocenters. The molecule has 1 aromatic rings. The lowest BCUT2D eigenvalue weighted by molar-refractivity contribution is -0.121. The van der Waals surface area contributed by atoms with Crippen molar-refractivity contribution in [2.45, 2.75) is 26.8 Å². The molecule has 0 aromatic carbocycles. The van der Waals surface area contributed by atoms with Crippen LogP contribution < -0.4 is 15.4 Å². The minimum atomic E-state index is -0.0247. The van der Waals surface area contributed by atoms with E-state index in [-0.39, 0.29) is 5.91 Å². The van der Waals surface area contributed by atoms with Gasteiger partial charge in [-0.25, -0.2) is 0 Å². The molecule has 1 heterocycles. The van der Waals surface area contributed by atoms with Crippen LogP contribution in [0.1, 0.15) is 24.7 Å². The molecule has 0 saturated carbocycles. The molecule has 18 heavy (non-hydrogen) atoms. The van der Waals surface area contributed by atoms with Crippen molar-refractivity contribution in [2.75, 3.05) is 20.2 Å². The second-order valence-electron chi connectivity index (χ2n) is 3.95. The van der Waals surface area contributed by atoms with Gasteiger partial charge in [-0.15, -0.1) is 0 Å². The highest BCUT2D eigenvalue weighted by atomic mass is 16.5. The Balaban J connectivity index is 2.60. The fourth-order valence-corrected chi connectivity index (χ4v) is 1.48. The van der Waals surface area contributed by atoms with Crippen LogP contribution in [0.5, 0.6) is 5.75 Å². The Hall–Kier alpha value is -1.62. The van der Waals surface area contributed by atoms with Gasteiger partial charge < -0.3 is 15.4 Å². The minimum absolute atomic E-state index is 0.0247. The Morgan fingerprint density at radius 1 is 1.44 bits per heavy atom. The van der Waals surface area contributed by atoms with E-state index in [2.05, 4.69) is 15.6 Å². The third kappa shape index (κ3) is 4.71. The van der Waals surface area contributed by atoms with Crippen molar-refractivity contribution in [2.24, 2.45) is 0 Å². The van der Waals surface area contributed by atoms with Crippen LogP contribution >= 0.6 is 0 Å². The van der Waals surface area contributed by atoms with Crippen molar-refractivity contribution < 1.29 is 9.53 Å². The van der Waals surface area contributed by atoms with E-state index in [1.54, 1.807) is 7.05 Å². The molecule has 0 radical (unpaired) electrons. The van der Waals surface area contributed by atoms with E-state index >= 15 is 0 Å². The summed E-state index contributed by atoms with van der Waals surface area (Å²) in [5.41, 5.74) is 1.84. The third-order valence-corrected chi connectivity index (χ3v) is 2.48. The quantitative estimate of drug-likeness (QED) is 0.759. The van der Waals surface area contributed by atoms with Gasteiger partial charge in [0, 0.05) is 19.3 Å². The minimum Gasteiger partial charge on any atom is -0.491 e. The summed E-state index contributed by atoms with van der Waals surface area (Å²) in [6, 6.07) is 3.81. The molecule has 0 aliphatic carbocycles. The molecular weight excluding hydrogens is 230 g/mol. The third-order valence-electron chi connectivity index (χ3n) is 2.48. The van der Waals surface area contributed by atoms with Crippen molar-refractivity contribution >= 4 is 5.91 Å². The number of hydrogen-bond donors (Lipinski definition) is 2. The zero-order valence-corrected chi connectivity index (χ0v) is 11.2. The molecule has 0 fully saturated rings. The SMILES string of the molecule is CCNCc1nc(C)ccc1OCCC(=O)NC. The second kappa shape index (κ2) is 7.66. The Kier molecular flexibility index (Phi) is 6.14. The molecule has 0 spiro atoms. The lowest BCUT2D eigenvalue weighted by Crippen LogP contribution is -2.20. The number of rotatable bonds is 7. The highest BCUT2D eigenvalue weighted by Gasteiger charge is 2.06. The lowest BCUT2D eigenvalue weighted by atomic mass is 10.2. The summed E-state index contributed by atoms with van der Waals surface area (Å²) in [7, 11) is 1.62. The number of nitrogens with zero attached hydrogens (tertiary/aromatic N) is 1. The molecule has 1 rings (SSSR count). The molecule has 100 valence electrons. The molecule has 5 heteroatoms. The standard InChI is InChI=1S/C13H21N3O2/c1-4-15-9-11-12(6-5-10(2)16-11)18-8-7-13(17)14-3/h5-6,15H,4,7-9H2,1-3H3,(H,14,17). The molecule has 0 aliphatic heterocycles. The summed E-state index contributed by atoms with van der Waals surface area (Å²) in [4.78, 5) is 15.5. The smallest absolute Gasteiger partial charge is 0.223 e. The number of carbonyl (C=O) groups excluding carboxylic acids is 1. The monoisotopic (exact) mass is 251 g/mol. The molecular formula is C13H21N3O2. The Morgan fingerprint density at radius 3 is 2.89 bits per heavy atom. The number of ether oxygens (including phenoxy) is 1. The summed E-state index contributed by atoms with van der Waals surface area (Å²) < 4.78 is 5.60. The lowest BCUT2D eigenvalue weighted by Gasteiger charge is -2.11. The van der Waals surface area contributed by atoms with Gasteiger partial charge in [0.25, 0.3) is 0 Å². The predicted octanol–water partition coefficient (Wildman–Crippen LogP) is 1.01. The molecule has 0 saturated heterocycles. The zero-order valence-electron chi connectivity index (χ0n) is 11.2. The van der Waals surface area contributed by atoms with Crippen LogP contribution in [0.3, 0.4) is 0 Å². The van der Waals surface area contributed by atoms with Crippen molar-refractivity contribution in [3.63, 3.8) is 0 Å². The summed E-state index contributed by atoms with van der Waals surface area (Å²) in [6.45, 7) is 5.91. The van der Waals surface area contributed by atoms with Gasteiger partial charge in [0.05, 0.1) is 18.7 Å². The number of aromatic nitrogens is 1. The zero-order chi connectivity index (χ0) is 13.4. The largest absolute Gasteiger partial charge is 0.491 e. The van der Waals surface area contributed by atoms with Gasteiger partial charge in [0.15, 0.2) is 0 Å². The number of amides is 1. The fourth-order valence-electron chi connectivity index (χ4n) is 1.48. The second-order valence-corrected chi connectivity index (χ2v) is 3.95. The van der Waals surface area contributed by atoms with E-state index in [9.17, 15) is 4.79 Å². The van der Waals surface area contributed by atoms with E-state index < -0.39 is 0 Å².